The van der Waals surface area contributed by atoms with Crippen molar-refractivity contribution in [3.8, 4) is 0 Å². The van der Waals surface area contributed by atoms with Crippen LogP contribution in [0.4, 0.5) is 5.69 Å². The molecule has 112 valence electrons. The minimum atomic E-state index is -3.38. The molecule has 0 spiro atoms. The van der Waals surface area contributed by atoms with Gasteiger partial charge in [0, 0.05) is 17.8 Å². The van der Waals surface area contributed by atoms with E-state index in [0.717, 1.165) is 18.5 Å². The summed E-state index contributed by atoms with van der Waals surface area (Å²) in [6, 6.07) is 6.94. The lowest BCUT2D eigenvalue weighted by Crippen LogP contribution is -2.25. The lowest BCUT2D eigenvalue weighted by molar-refractivity contribution is 0.179. The van der Waals surface area contributed by atoms with E-state index >= 15 is 0 Å². The minimum absolute atomic E-state index is 0.115. The van der Waals surface area contributed by atoms with Gasteiger partial charge in [-0.05, 0) is 57.4 Å². The fourth-order valence-corrected chi connectivity index (χ4v) is 3.38. The number of sulfonamides is 1. The number of hydrogen-bond donors (Lipinski definition) is 3. The topological polar surface area (TPSA) is 78.4 Å². The van der Waals surface area contributed by atoms with Crippen molar-refractivity contribution >= 4 is 15.7 Å². The van der Waals surface area contributed by atoms with Gasteiger partial charge in [-0.2, -0.15) is 0 Å². The van der Waals surface area contributed by atoms with Crippen molar-refractivity contribution in [2.75, 3.05) is 5.32 Å². The van der Waals surface area contributed by atoms with Crippen LogP contribution in [0.2, 0.25) is 0 Å². The van der Waals surface area contributed by atoms with Crippen molar-refractivity contribution in [1.82, 2.24) is 4.72 Å². The van der Waals surface area contributed by atoms with Gasteiger partial charge in [-0.15, -0.1) is 0 Å². The van der Waals surface area contributed by atoms with Gasteiger partial charge in [0.05, 0.1) is 11.0 Å². The summed E-state index contributed by atoms with van der Waals surface area (Å²) in [6.45, 7) is 3.73. The highest BCUT2D eigenvalue weighted by Gasteiger charge is 2.27. The summed E-state index contributed by atoms with van der Waals surface area (Å²) in [4.78, 5) is 0.290. The molecular formula is C14H22N2O3S. The van der Waals surface area contributed by atoms with E-state index in [4.69, 9.17) is 0 Å². The molecule has 2 unspecified atom stereocenters. The molecule has 3 N–H and O–H groups in total. The third kappa shape index (κ3) is 4.47. The van der Waals surface area contributed by atoms with Crippen LogP contribution in [0.25, 0.3) is 0 Å². The van der Waals surface area contributed by atoms with Crippen LogP contribution in [0.15, 0.2) is 29.2 Å². The zero-order valence-electron chi connectivity index (χ0n) is 11.8. The predicted molar refractivity (Wildman–Crippen MR) is 79.2 cm³/mol. The molecule has 0 bridgehead atoms. The SMILES string of the molecule is CC(O)CC(C)Nc1ccc(S(=O)(=O)NC2CC2)cc1. The zero-order valence-corrected chi connectivity index (χ0v) is 12.7. The van der Waals surface area contributed by atoms with Gasteiger partial charge in [-0.1, -0.05) is 0 Å². The molecule has 0 radical (unpaired) electrons. The van der Waals surface area contributed by atoms with Crippen LogP contribution in [0, 0.1) is 0 Å². The van der Waals surface area contributed by atoms with Crippen molar-refractivity contribution in [2.45, 2.75) is 56.2 Å². The van der Waals surface area contributed by atoms with Crippen molar-refractivity contribution < 1.29 is 13.5 Å². The van der Waals surface area contributed by atoms with Crippen LogP contribution in [0.1, 0.15) is 33.1 Å². The summed E-state index contributed by atoms with van der Waals surface area (Å²) in [7, 11) is -3.38. The number of anilines is 1. The maximum absolute atomic E-state index is 12.0. The van der Waals surface area contributed by atoms with Gasteiger partial charge in [-0.3, -0.25) is 0 Å². The van der Waals surface area contributed by atoms with Gasteiger partial charge >= 0.3 is 0 Å². The Hall–Kier alpha value is -1.11. The molecule has 1 fully saturated rings. The van der Waals surface area contributed by atoms with Crippen LogP contribution in [0.3, 0.4) is 0 Å². The number of aliphatic hydroxyl groups is 1. The second kappa shape index (κ2) is 6.11. The fraction of sp³-hybridized carbons (Fsp3) is 0.571. The molecule has 1 aliphatic rings. The molecule has 2 atom stereocenters. The van der Waals surface area contributed by atoms with Gasteiger partial charge in [-0.25, -0.2) is 13.1 Å². The molecule has 1 aromatic rings. The lowest BCUT2D eigenvalue weighted by Gasteiger charge is -2.17. The van der Waals surface area contributed by atoms with Crippen LogP contribution >= 0.6 is 0 Å². The minimum Gasteiger partial charge on any atom is -0.393 e. The molecule has 1 aromatic carbocycles. The molecule has 20 heavy (non-hydrogen) atoms. The van der Waals surface area contributed by atoms with Gasteiger partial charge in [0.1, 0.15) is 0 Å². The third-order valence-electron chi connectivity index (χ3n) is 3.17. The maximum Gasteiger partial charge on any atom is 0.240 e. The summed E-state index contributed by atoms with van der Waals surface area (Å²) in [5.74, 6) is 0. The van der Waals surface area contributed by atoms with E-state index in [1.54, 1.807) is 31.2 Å². The fourth-order valence-electron chi connectivity index (χ4n) is 2.07. The van der Waals surface area contributed by atoms with E-state index in [9.17, 15) is 13.5 Å². The summed E-state index contributed by atoms with van der Waals surface area (Å²) in [5, 5.41) is 12.5. The molecule has 2 rings (SSSR count). The Labute approximate surface area is 120 Å². The Kier molecular flexibility index (Phi) is 4.67. The normalized spacial score (nSPS) is 18.6. The molecule has 0 aliphatic heterocycles. The highest BCUT2D eigenvalue weighted by molar-refractivity contribution is 7.89. The Morgan fingerprint density at radius 1 is 1.25 bits per heavy atom. The molecular weight excluding hydrogens is 276 g/mol. The van der Waals surface area contributed by atoms with E-state index in [2.05, 4.69) is 10.0 Å². The molecule has 1 aliphatic carbocycles. The first-order chi connectivity index (χ1) is 9.37. The first-order valence-corrected chi connectivity index (χ1v) is 8.42. The van der Waals surface area contributed by atoms with E-state index in [0.29, 0.717) is 6.42 Å². The first-order valence-electron chi connectivity index (χ1n) is 6.94. The van der Waals surface area contributed by atoms with Gasteiger partial charge < -0.3 is 10.4 Å². The van der Waals surface area contributed by atoms with Crippen LogP contribution < -0.4 is 10.0 Å². The number of benzene rings is 1. The highest BCUT2D eigenvalue weighted by Crippen LogP contribution is 2.23. The second-order valence-electron chi connectivity index (χ2n) is 5.55. The smallest absolute Gasteiger partial charge is 0.240 e. The number of aliphatic hydroxyl groups excluding tert-OH is 1. The number of rotatable bonds is 7. The van der Waals surface area contributed by atoms with Crippen molar-refractivity contribution in [1.29, 1.82) is 0 Å². The van der Waals surface area contributed by atoms with Gasteiger partial charge in [0.15, 0.2) is 0 Å². The van der Waals surface area contributed by atoms with Crippen molar-refractivity contribution in [2.24, 2.45) is 0 Å². The molecule has 6 heteroatoms. The quantitative estimate of drug-likeness (QED) is 0.716. The lowest BCUT2D eigenvalue weighted by atomic mass is 10.1. The molecule has 0 saturated heterocycles. The Balaban J connectivity index is 1.98. The van der Waals surface area contributed by atoms with E-state index in [1.807, 2.05) is 6.92 Å². The molecule has 1 saturated carbocycles. The van der Waals surface area contributed by atoms with Crippen molar-refractivity contribution in [3.05, 3.63) is 24.3 Å². The first kappa shape index (κ1) is 15.3. The Morgan fingerprint density at radius 3 is 2.35 bits per heavy atom. The molecule has 5 nitrogen and oxygen atoms in total. The average molecular weight is 298 g/mol. The monoisotopic (exact) mass is 298 g/mol. The van der Waals surface area contributed by atoms with Gasteiger partial charge in [0.2, 0.25) is 10.0 Å². The molecule has 0 amide bonds. The van der Waals surface area contributed by atoms with Crippen LogP contribution in [0.5, 0.6) is 0 Å². The average Bonchev–Trinajstić information content (AvgIpc) is 3.11. The van der Waals surface area contributed by atoms with Gasteiger partial charge in [0.25, 0.3) is 0 Å². The Morgan fingerprint density at radius 2 is 1.85 bits per heavy atom. The summed E-state index contributed by atoms with van der Waals surface area (Å²) in [6.07, 6.45) is 2.13. The largest absolute Gasteiger partial charge is 0.393 e. The predicted octanol–water partition coefficient (Wildman–Crippen LogP) is 1.70. The van der Waals surface area contributed by atoms with E-state index < -0.39 is 10.0 Å². The van der Waals surface area contributed by atoms with E-state index in [1.165, 1.54) is 0 Å². The Bertz CT molecular complexity index is 536. The third-order valence-corrected chi connectivity index (χ3v) is 4.71. The summed E-state index contributed by atoms with van der Waals surface area (Å²) < 4.78 is 26.6. The highest BCUT2D eigenvalue weighted by atomic mass is 32.2. The summed E-state index contributed by atoms with van der Waals surface area (Å²) >= 11 is 0. The number of nitrogens with one attached hydrogen (secondary N) is 2. The maximum atomic E-state index is 12.0. The van der Waals surface area contributed by atoms with Crippen LogP contribution in [-0.2, 0) is 10.0 Å². The zero-order chi connectivity index (χ0) is 14.8. The van der Waals surface area contributed by atoms with Crippen LogP contribution in [-0.4, -0.2) is 31.7 Å². The standard InChI is InChI=1S/C14H22N2O3S/c1-10(9-11(2)17)15-12-5-7-14(8-6-12)20(18,19)16-13-3-4-13/h5-8,10-11,13,15-17H,3-4,9H2,1-2H3. The van der Waals surface area contributed by atoms with E-state index in [-0.39, 0.29) is 23.1 Å². The van der Waals surface area contributed by atoms with Crippen molar-refractivity contribution in [3.63, 3.8) is 0 Å². The molecule has 0 heterocycles. The number of hydrogen-bond acceptors (Lipinski definition) is 4. The molecule has 0 aromatic heterocycles. The second-order valence-corrected chi connectivity index (χ2v) is 7.26. The summed E-state index contributed by atoms with van der Waals surface area (Å²) in [5.41, 5.74) is 0.850.